The normalized spacial score (nSPS) is 12.8. The lowest BCUT2D eigenvalue weighted by atomic mass is 10.0. The van der Waals surface area contributed by atoms with Crippen molar-refractivity contribution in [3.8, 4) is 5.75 Å². The van der Waals surface area contributed by atoms with Gasteiger partial charge >= 0.3 is 6.61 Å². The summed E-state index contributed by atoms with van der Waals surface area (Å²) in [4.78, 5) is 2.05. The average Bonchev–Trinajstić information content (AvgIpc) is 3.13. The van der Waals surface area contributed by atoms with Crippen LogP contribution in [0.2, 0.25) is 0 Å². The second-order valence-corrected chi connectivity index (χ2v) is 6.27. The maximum atomic E-state index is 12.8. The number of ether oxygens (including phenoxy) is 1. The summed E-state index contributed by atoms with van der Waals surface area (Å²) in [5.41, 5.74) is 0.723. The van der Waals surface area contributed by atoms with Crippen molar-refractivity contribution in [2.24, 2.45) is 0 Å². The van der Waals surface area contributed by atoms with E-state index in [0.717, 1.165) is 22.1 Å². The number of hydrogen-bond donors (Lipinski definition) is 1. The third-order valence-electron chi connectivity index (χ3n) is 4.35. The molecule has 0 spiro atoms. The number of nitrogens with zero attached hydrogens (tertiary/aromatic N) is 1. The number of likely N-dealkylation sites (N-methyl/N-ethyl adjacent to an activating group) is 1. The van der Waals surface area contributed by atoms with Crippen LogP contribution in [-0.4, -0.2) is 32.2 Å². The minimum absolute atomic E-state index is 0.0412. The summed E-state index contributed by atoms with van der Waals surface area (Å²) in [6.07, 6.45) is 1.64. The van der Waals surface area contributed by atoms with Crippen LogP contribution in [0.5, 0.6) is 5.75 Å². The van der Waals surface area contributed by atoms with Crippen molar-refractivity contribution in [1.29, 1.82) is 0 Å². The van der Waals surface area contributed by atoms with E-state index >= 15 is 0 Å². The van der Waals surface area contributed by atoms with Crippen LogP contribution in [0.15, 0.2) is 59.2 Å². The quantitative estimate of drug-likeness (QED) is 0.645. The molecule has 2 aromatic carbocycles. The molecule has 0 aliphatic carbocycles. The highest BCUT2D eigenvalue weighted by molar-refractivity contribution is 5.87. The molecule has 26 heavy (non-hydrogen) atoms. The van der Waals surface area contributed by atoms with E-state index in [2.05, 4.69) is 5.32 Å². The molecule has 6 heteroatoms. The fraction of sp³-hybridized carbons (Fsp3) is 0.300. The molecule has 1 unspecified atom stereocenters. The molecule has 1 N–H and O–H groups in total. The van der Waals surface area contributed by atoms with Crippen LogP contribution in [0, 0.1) is 0 Å². The molecule has 138 valence electrons. The summed E-state index contributed by atoms with van der Waals surface area (Å²) >= 11 is 0. The molecule has 3 rings (SSSR count). The first-order chi connectivity index (χ1) is 12.6. The number of benzene rings is 2. The molecular weight excluding hydrogens is 338 g/mol. The van der Waals surface area contributed by atoms with Crippen molar-refractivity contribution in [3.63, 3.8) is 0 Å². The largest absolute Gasteiger partial charge is 0.468 e. The van der Waals surface area contributed by atoms with Crippen molar-refractivity contribution >= 4 is 10.8 Å². The third kappa shape index (κ3) is 4.20. The Kier molecular flexibility index (Phi) is 5.85. The van der Waals surface area contributed by atoms with Gasteiger partial charge in [0, 0.05) is 18.7 Å². The van der Waals surface area contributed by atoms with Crippen LogP contribution >= 0.6 is 0 Å². The summed E-state index contributed by atoms with van der Waals surface area (Å²) in [7, 11) is 3.94. The van der Waals surface area contributed by atoms with Gasteiger partial charge in [-0.1, -0.05) is 30.3 Å². The number of fused-ring (bicyclic) bond motifs is 1. The Hall–Kier alpha value is -2.44. The maximum absolute atomic E-state index is 12.8. The van der Waals surface area contributed by atoms with Gasteiger partial charge < -0.3 is 14.5 Å². The van der Waals surface area contributed by atoms with Crippen LogP contribution in [-0.2, 0) is 6.54 Å². The zero-order valence-corrected chi connectivity index (χ0v) is 14.8. The maximum Gasteiger partial charge on any atom is 0.387 e. The minimum Gasteiger partial charge on any atom is -0.468 e. The van der Waals surface area contributed by atoms with Gasteiger partial charge in [-0.25, -0.2) is 0 Å². The van der Waals surface area contributed by atoms with Crippen LogP contribution in [0.3, 0.4) is 0 Å². The topological polar surface area (TPSA) is 37.6 Å². The zero-order chi connectivity index (χ0) is 18.5. The van der Waals surface area contributed by atoms with E-state index < -0.39 is 6.61 Å². The first kappa shape index (κ1) is 18.4. The van der Waals surface area contributed by atoms with Gasteiger partial charge in [0.05, 0.1) is 12.3 Å². The Bertz CT molecular complexity index is 835. The number of rotatable bonds is 8. The van der Waals surface area contributed by atoms with Crippen molar-refractivity contribution < 1.29 is 17.9 Å². The van der Waals surface area contributed by atoms with E-state index in [1.54, 1.807) is 18.4 Å². The number of hydrogen-bond acceptors (Lipinski definition) is 4. The second-order valence-electron chi connectivity index (χ2n) is 6.27. The van der Waals surface area contributed by atoms with Gasteiger partial charge in [0.1, 0.15) is 11.5 Å². The van der Waals surface area contributed by atoms with E-state index in [4.69, 9.17) is 9.15 Å². The average molecular weight is 360 g/mol. The van der Waals surface area contributed by atoms with E-state index in [9.17, 15) is 8.78 Å². The third-order valence-corrected chi connectivity index (χ3v) is 4.35. The predicted molar refractivity (Wildman–Crippen MR) is 97.4 cm³/mol. The highest BCUT2D eigenvalue weighted by Crippen LogP contribution is 2.29. The predicted octanol–water partition coefficient (Wildman–Crippen LogP) is 4.43. The molecule has 0 radical (unpaired) electrons. The van der Waals surface area contributed by atoms with Crippen molar-refractivity contribution in [3.05, 3.63) is 66.1 Å². The van der Waals surface area contributed by atoms with Gasteiger partial charge in [0.15, 0.2) is 0 Å². The first-order valence-corrected chi connectivity index (χ1v) is 8.42. The highest BCUT2D eigenvalue weighted by atomic mass is 19.3. The molecule has 4 nitrogen and oxygen atoms in total. The first-order valence-electron chi connectivity index (χ1n) is 8.42. The molecule has 0 saturated heterocycles. The molecule has 1 aromatic heterocycles. The molecule has 3 aromatic rings. The van der Waals surface area contributed by atoms with E-state index in [-0.39, 0.29) is 11.8 Å². The molecule has 0 bridgehead atoms. The molecule has 0 aliphatic heterocycles. The van der Waals surface area contributed by atoms with Gasteiger partial charge in [-0.15, -0.1) is 0 Å². The number of furan rings is 1. The molecule has 0 aliphatic rings. The van der Waals surface area contributed by atoms with E-state index in [1.807, 2.05) is 55.4 Å². The lowest BCUT2D eigenvalue weighted by molar-refractivity contribution is -0.0503. The van der Waals surface area contributed by atoms with Crippen molar-refractivity contribution in [1.82, 2.24) is 10.2 Å². The van der Waals surface area contributed by atoms with Gasteiger partial charge in [-0.2, -0.15) is 8.78 Å². The molecule has 1 atom stereocenters. The second kappa shape index (κ2) is 8.29. The van der Waals surface area contributed by atoms with Crippen LogP contribution < -0.4 is 10.1 Å². The number of alkyl halides is 2. The lowest BCUT2D eigenvalue weighted by Crippen LogP contribution is -2.30. The van der Waals surface area contributed by atoms with Gasteiger partial charge in [0.25, 0.3) is 0 Å². The minimum atomic E-state index is -2.85. The zero-order valence-electron chi connectivity index (χ0n) is 14.8. The molecule has 0 saturated carbocycles. The standard InChI is InChI=1S/C20H22F2N2O2/c1-24(2)17(19-8-5-11-25-19)13-23-12-16-15-7-4-3-6-14(15)9-10-18(16)26-20(21)22/h3-11,17,20,23H,12-13H2,1-2H3. The Morgan fingerprint density at radius 2 is 1.88 bits per heavy atom. The fourth-order valence-electron chi connectivity index (χ4n) is 3.06. The van der Waals surface area contributed by atoms with Crippen LogP contribution in [0.1, 0.15) is 17.4 Å². The highest BCUT2D eigenvalue weighted by Gasteiger charge is 2.18. The van der Waals surface area contributed by atoms with Crippen LogP contribution in [0.4, 0.5) is 8.78 Å². The number of nitrogens with one attached hydrogen (secondary N) is 1. The van der Waals surface area contributed by atoms with Crippen LogP contribution in [0.25, 0.3) is 10.8 Å². The summed E-state index contributed by atoms with van der Waals surface area (Å²) < 4.78 is 35.8. The number of halogens is 2. The summed E-state index contributed by atoms with van der Waals surface area (Å²) in [6, 6.07) is 14.9. The van der Waals surface area contributed by atoms with Gasteiger partial charge in [-0.3, -0.25) is 4.90 Å². The molecule has 0 amide bonds. The fourth-order valence-corrected chi connectivity index (χ4v) is 3.06. The Morgan fingerprint density at radius 3 is 2.58 bits per heavy atom. The smallest absolute Gasteiger partial charge is 0.387 e. The van der Waals surface area contributed by atoms with Gasteiger partial charge in [0.2, 0.25) is 0 Å². The van der Waals surface area contributed by atoms with Crippen molar-refractivity contribution in [2.75, 3.05) is 20.6 Å². The summed E-state index contributed by atoms with van der Waals surface area (Å²) in [6.45, 7) is -1.83. The van der Waals surface area contributed by atoms with E-state index in [0.29, 0.717) is 13.1 Å². The Balaban J connectivity index is 1.80. The summed E-state index contributed by atoms with van der Waals surface area (Å²) in [5.74, 6) is 1.05. The lowest BCUT2D eigenvalue weighted by Gasteiger charge is -2.23. The van der Waals surface area contributed by atoms with E-state index in [1.165, 1.54) is 0 Å². The summed E-state index contributed by atoms with van der Waals surface area (Å²) in [5, 5.41) is 5.24. The Labute approximate surface area is 151 Å². The monoisotopic (exact) mass is 360 g/mol. The molecule has 1 heterocycles. The molecule has 0 fully saturated rings. The van der Waals surface area contributed by atoms with Gasteiger partial charge in [-0.05, 0) is 43.1 Å². The Morgan fingerprint density at radius 1 is 1.08 bits per heavy atom. The SMILES string of the molecule is CN(C)C(CNCc1c(OC(F)F)ccc2ccccc12)c1ccco1. The van der Waals surface area contributed by atoms with Crippen molar-refractivity contribution in [2.45, 2.75) is 19.2 Å². The molecular formula is C20H22F2N2O2.